The van der Waals surface area contributed by atoms with Crippen LogP contribution in [0.3, 0.4) is 0 Å². The third-order valence-corrected chi connectivity index (χ3v) is 10.1. The molecule has 0 N–H and O–H groups in total. The van der Waals surface area contributed by atoms with Crippen molar-refractivity contribution in [2.45, 2.75) is 0 Å². The minimum Gasteiger partial charge on any atom is -0.309 e. The van der Waals surface area contributed by atoms with E-state index in [2.05, 4.69) is 149 Å². The molecule has 46 heavy (non-hydrogen) atoms. The third kappa shape index (κ3) is 4.15. The Hall–Kier alpha value is -5.71. The second-order valence-electron chi connectivity index (χ2n) is 11.5. The number of hydrogen-bond acceptors (Lipinski definition) is 2. The SMILES string of the molecule is Fc1ccc(N(c2ccccc2-c2cccc3c2sc2c4ccccc4n(-c4ccccc4)c32)c2cccc3ccccc23)cc1. The number of anilines is 3. The molecular formula is C42H27FN2S. The Morgan fingerprint density at radius 3 is 1.98 bits per heavy atom. The van der Waals surface area contributed by atoms with Crippen LogP contribution in [0.5, 0.6) is 0 Å². The van der Waals surface area contributed by atoms with Crippen LogP contribution in [0.15, 0.2) is 164 Å². The van der Waals surface area contributed by atoms with Crippen molar-refractivity contribution < 1.29 is 4.39 Å². The zero-order chi connectivity index (χ0) is 30.6. The van der Waals surface area contributed by atoms with Crippen LogP contribution in [0, 0.1) is 5.82 Å². The molecule has 0 aliphatic heterocycles. The largest absolute Gasteiger partial charge is 0.309 e. The van der Waals surface area contributed by atoms with E-state index in [1.165, 1.54) is 48.9 Å². The molecular weight excluding hydrogens is 584 g/mol. The normalized spacial score (nSPS) is 11.6. The molecule has 0 fully saturated rings. The highest BCUT2D eigenvalue weighted by Gasteiger charge is 2.23. The monoisotopic (exact) mass is 610 g/mol. The van der Waals surface area contributed by atoms with Gasteiger partial charge in [0.2, 0.25) is 0 Å². The van der Waals surface area contributed by atoms with Crippen molar-refractivity contribution >= 4 is 70.4 Å². The molecule has 7 aromatic carbocycles. The van der Waals surface area contributed by atoms with E-state index in [1.807, 2.05) is 23.5 Å². The Balaban J connectivity index is 1.33. The molecule has 0 saturated heterocycles. The second kappa shape index (κ2) is 10.7. The van der Waals surface area contributed by atoms with E-state index in [9.17, 15) is 4.39 Å². The predicted molar refractivity (Wildman–Crippen MR) is 194 cm³/mol. The van der Waals surface area contributed by atoms with Crippen molar-refractivity contribution in [2.75, 3.05) is 4.90 Å². The summed E-state index contributed by atoms with van der Waals surface area (Å²) in [5.74, 6) is -0.254. The summed E-state index contributed by atoms with van der Waals surface area (Å²) in [5.41, 5.74) is 8.86. The number of aromatic nitrogens is 1. The Bertz CT molecular complexity index is 2540. The molecule has 9 rings (SSSR count). The Morgan fingerprint density at radius 2 is 1.11 bits per heavy atom. The highest BCUT2D eigenvalue weighted by Crippen LogP contribution is 2.49. The van der Waals surface area contributed by atoms with Crippen LogP contribution in [0.25, 0.3) is 58.8 Å². The number of nitrogens with zero attached hydrogens (tertiary/aromatic N) is 2. The zero-order valence-corrected chi connectivity index (χ0v) is 25.6. The lowest BCUT2D eigenvalue weighted by atomic mass is 9.99. The Kier molecular flexibility index (Phi) is 6.22. The van der Waals surface area contributed by atoms with Gasteiger partial charge in [-0.15, -0.1) is 11.3 Å². The fraction of sp³-hybridized carbons (Fsp3) is 0. The van der Waals surface area contributed by atoms with Crippen LogP contribution in [-0.4, -0.2) is 4.57 Å². The van der Waals surface area contributed by atoms with E-state index in [0.29, 0.717) is 0 Å². The van der Waals surface area contributed by atoms with E-state index in [4.69, 9.17) is 0 Å². The second-order valence-corrected chi connectivity index (χ2v) is 12.5. The van der Waals surface area contributed by atoms with Gasteiger partial charge in [0.15, 0.2) is 0 Å². The fourth-order valence-electron chi connectivity index (χ4n) is 6.85. The van der Waals surface area contributed by atoms with Crippen LogP contribution in [0.2, 0.25) is 0 Å². The maximum absolute atomic E-state index is 14.2. The first-order valence-electron chi connectivity index (χ1n) is 15.4. The summed E-state index contributed by atoms with van der Waals surface area (Å²) in [7, 11) is 0. The molecule has 218 valence electrons. The molecule has 0 aliphatic rings. The molecule has 0 bridgehead atoms. The van der Waals surface area contributed by atoms with E-state index in [0.717, 1.165) is 39.1 Å². The van der Waals surface area contributed by atoms with Crippen LogP contribution < -0.4 is 4.90 Å². The topological polar surface area (TPSA) is 8.17 Å². The summed E-state index contributed by atoms with van der Waals surface area (Å²) in [5, 5.41) is 4.77. The van der Waals surface area contributed by atoms with E-state index >= 15 is 0 Å². The minimum absolute atomic E-state index is 0.254. The van der Waals surface area contributed by atoms with Crippen molar-refractivity contribution in [2.24, 2.45) is 0 Å². The highest BCUT2D eigenvalue weighted by atomic mass is 32.1. The average Bonchev–Trinajstić information content (AvgIpc) is 3.65. The van der Waals surface area contributed by atoms with Gasteiger partial charge in [-0.2, -0.15) is 0 Å². The minimum atomic E-state index is -0.254. The molecule has 0 aliphatic carbocycles. The molecule has 9 aromatic rings. The molecule has 0 atom stereocenters. The smallest absolute Gasteiger partial charge is 0.123 e. The molecule has 4 heteroatoms. The van der Waals surface area contributed by atoms with Crippen LogP contribution >= 0.6 is 11.3 Å². The quantitative estimate of drug-likeness (QED) is 0.188. The van der Waals surface area contributed by atoms with Gasteiger partial charge < -0.3 is 9.47 Å². The van der Waals surface area contributed by atoms with Gasteiger partial charge in [0.1, 0.15) is 5.82 Å². The van der Waals surface area contributed by atoms with Crippen molar-refractivity contribution in [3.8, 4) is 16.8 Å². The Labute approximate surface area is 269 Å². The van der Waals surface area contributed by atoms with E-state index in [1.54, 1.807) is 0 Å². The van der Waals surface area contributed by atoms with Crippen LogP contribution in [-0.2, 0) is 0 Å². The predicted octanol–water partition coefficient (Wildman–Crippen LogP) is 12.4. The number of hydrogen-bond donors (Lipinski definition) is 0. The first-order valence-corrected chi connectivity index (χ1v) is 16.2. The lowest BCUT2D eigenvalue weighted by molar-refractivity contribution is 0.628. The number of para-hydroxylation sites is 3. The summed E-state index contributed by atoms with van der Waals surface area (Å²) in [6.07, 6.45) is 0. The van der Waals surface area contributed by atoms with Gasteiger partial charge in [0, 0.05) is 43.4 Å². The van der Waals surface area contributed by atoms with E-state index < -0.39 is 0 Å². The molecule has 2 heterocycles. The van der Waals surface area contributed by atoms with Crippen LogP contribution in [0.1, 0.15) is 0 Å². The third-order valence-electron chi connectivity index (χ3n) is 8.84. The first kappa shape index (κ1) is 26.7. The highest BCUT2D eigenvalue weighted by molar-refractivity contribution is 7.27. The van der Waals surface area contributed by atoms with E-state index in [-0.39, 0.29) is 5.82 Å². The van der Waals surface area contributed by atoms with Crippen molar-refractivity contribution in [1.82, 2.24) is 4.57 Å². The summed E-state index contributed by atoms with van der Waals surface area (Å²) in [6, 6.07) is 56.2. The van der Waals surface area contributed by atoms with Gasteiger partial charge in [-0.1, -0.05) is 109 Å². The van der Waals surface area contributed by atoms with Crippen molar-refractivity contribution in [1.29, 1.82) is 0 Å². The standard InChI is InChI=1S/C42H27FN2S/c43-29-24-26-31(27-25-29)44(37-23-10-13-28-12-4-5-16-32(28)37)38-21-8-6-17-33(38)34-19-11-20-36-40-42(46-41(34)36)35-18-7-9-22-39(35)45(40)30-14-2-1-3-15-30/h1-27H. The summed E-state index contributed by atoms with van der Waals surface area (Å²) in [6.45, 7) is 0. The first-order chi connectivity index (χ1) is 22.8. The van der Waals surface area contributed by atoms with Crippen LogP contribution in [0.4, 0.5) is 21.5 Å². The molecule has 0 unspecified atom stereocenters. The maximum Gasteiger partial charge on any atom is 0.123 e. The molecule has 0 spiro atoms. The molecule has 0 saturated carbocycles. The summed E-state index contributed by atoms with van der Waals surface area (Å²) >= 11 is 1.86. The van der Waals surface area contributed by atoms with Crippen molar-refractivity contribution in [3.05, 3.63) is 170 Å². The van der Waals surface area contributed by atoms with Gasteiger partial charge >= 0.3 is 0 Å². The Morgan fingerprint density at radius 1 is 0.478 bits per heavy atom. The lowest BCUT2D eigenvalue weighted by Crippen LogP contribution is -2.11. The molecule has 0 amide bonds. The number of halogens is 1. The zero-order valence-electron chi connectivity index (χ0n) is 24.8. The maximum atomic E-state index is 14.2. The summed E-state index contributed by atoms with van der Waals surface area (Å²) < 4.78 is 19.2. The number of benzene rings is 7. The van der Waals surface area contributed by atoms with Crippen molar-refractivity contribution in [3.63, 3.8) is 0 Å². The van der Waals surface area contributed by atoms with Gasteiger partial charge in [-0.05, 0) is 60.0 Å². The molecule has 0 radical (unpaired) electrons. The summed E-state index contributed by atoms with van der Waals surface area (Å²) in [4.78, 5) is 2.27. The number of fused-ring (bicyclic) bond motifs is 6. The number of rotatable bonds is 5. The average molecular weight is 611 g/mol. The molecule has 2 aromatic heterocycles. The number of thiophene rings is 1. The van der Waals surface area contributed by atoms with Gasteiger partial charge in [-0.25, -0.2) is 4.39 Å². The lowest BCUT2D eigenvalue weighted by Gasteiger charge is -2.29. The van der Waals surface area contributed by atoms with Gasteiger partial charge in [0.25, 0.3) is 0 Å². The van der Waals surface area contributed by atoms with Gasteiger partial charge in [0.05, 0.1) is 27.1 Å². The fourth-order valence-corrected chi connectivity index (χ4v) is 8.19. The molecule has 2 nitrogen and oxygen atoms in total. The van der Waals surface area contributed by atoms with Gasteiger partial charge in [-0.3, -0.25) is 0 Å².